The van der Waals surface area contributed by atoms with Gasteiger partial charge in [0.15, 0.2) is 5.82 Å². The Hall–Kier alpha value is -3.39. The first-order valence-corrected chi connectivity index (χ1v) is 11.3. The Morgan fingerprint density at radius 2 is 1.94 bits per heavy atom. The van der Waals surface area contributed by atoms with E-state index < -0.39 is 0 Å². The molecule has 0 aliphatic carbocycles. The first-order valence-electron chi connectivity index (χ1n) is 11.3. The van der Waals surface area contributed by atoms with Gasteiger partial charge in [0.05, 0.1) is 19.2 Å². The van der Waals surface area contributed by atoms with Crippen molar-refractivity contribution in [1.82, 2.24) is 15.0 Å². The summed E-state index contributed by atoms with van der Waals surface area (Å²) in [6.45, 7) is 2.60. The number of aromatic nitrogens is 2. The number of hydrogen-bond donors (Lipinski definition) is 0. The van der Waals surface area contributed by atoms with Crippen molar-refractivity contribution in [2.45, 2.75) is 31.3 Å². The highest BCUT2D eigenvalue weighted by molar-refractivity contribution is 5.94. The molecule has 8 heteroatoms. The van der Waals surface area contributed by atoms with Gasteiger partial charge in [-0.05, 0) is 43.2 Å². The van der Waals surface area contributed by atoms with Crippen molar-refractivity contribution in [3.8, 4) is 23.0 Å². The zero-order valence-electron chi connectivity index (χ0n) is 18.6. The standard InChI is InChI=1S/C25H27N3O5/c1-30-19-6-4-5-18(15-19)25(29)28-12-9-20(16-28)32-22-8-3-2-7-21(22)24-26-23(27-33-24)17-10-13-31-14-11-17/h2-8,15,17,20H,9-14,16H2,1H3. The first kappa shape index (κ1) is 21.5. The molecule has 33 heavy (non-hydrogen) atoms. The fraction of sp³-hybridized carbons (Fsp3) is 0.400. The molecule has 0 N–H and O–H groups in total. The molecule has 0 saturated carbocycles. The van der Waals surface area contributed by atoms with Gasteiger partial charge in [0.2, 0.25) is 0 Å². The molecule has 1 unspecified atom stereocenters. The van der Waals surface area contributed by atoms with Crippen LogP contribution < -0.4 is 9.47 Å². The summed E-state index contributed by atoms with van der Waals surface area (Å²) in [6, 6.07) is 14.9. The van der Waals surface area contributed by atoms with Crippen molar-refractivity contribution in [2.75, 3.05) is 33.4 Å². The number of amides is 1. The Bertz CT molecular complexity index is 1110. The van der Waals surface area contributed by atoms with E-state index in [0.717, 1.165) is 43.9 Å². The molecule has 2 aliphatic rings. The van der Waals surface area contributed by atoms with Crippen LogP contribution in [0.2, 0.25) is 0 Å². The lowest BCUT2D eigenvalue weighted by Crippen LogP contribution is -2.31. The van der Waals surface area contributed by atoms with Crippen LogP contribution in [-0.4, -0.2) is 60.5 Å². The predicted molar refractivity (Wildman–Crippen MR) is 120 cm³/mol. The molecule has 0 spiro atoms. The Balaban J connectivity index is 1.27. The molecule has 8 nitrogen and oxygen atoms in total. The van der Waals surface area contributed by atoms with Gasteiger partial charge in [0, 0.05) is 37.7 Å². The van der Waals surface area contributed by atoms with Gasteiger partial charge >= 0.3 is 0 Å². The molecule has 1 amide bonds. The second-order valence-corrected chi connectivity index (χ2v) is 8.35. The van der Waals surface area contributed by atoms with Gasteiger partial charge < -0.3 is 23.6 Å². The number of carbonyl (C=O) groups is 1. The summed E-state index contributed by atoms with van der Waals surface area (Å²) in [5.74, 6) is 2.76. The third kappa shape index (κ3) is 4.71. The van der Waals surface area contributed by atoms with Crippen LogP contribution in [0.1, 0.15) is 41.4 Å². The number of carbonyl (C=O) groups excluding carboxylic acids is 1. The Labute approximate surface area is 192 Å². The molecule has 172 valence electrons. The van der Waals surface area contributed by atoms with E-state index in [0.29, 0.717) is 36.0 Å². The van der Waals surface area contributed by atoms with Crippen LogP contribution in [0.25, 0.3) is 11.5 Å². The second kappa shape index (κ2) is 9.62. The summed E-state index contributed by atoms with van der Waals surface area (Å²) in [7, 11) is 1.59. The van der Waals surface area contributed by atoms with Crippen LogP contribution in [0.3, 0.4) is 0 Å². The Kier molecular flexibility index (Phi) is 6.26. The third-order valence-electron chi connectivity index (χ3n) is 6.19. The third-order valence-corrected chi connectivity index (χ3v) is 6.19. The van der Waals surface area contributed by atoms with E-state index in [1.165, 1.54) is 0 Å². The highest BCUT2D eigenvalue weighted by Crippen LogP contribution is 2.33. The van der Waals surface area contributed by atoms with E-state index in [-0.39, 0.29) is 17.9 Å². The van der Waals surface area contributed by atoms with Gasteiger partial charge in [-0.2, -0.15) is 4.98 Å². The van der Waals surface area contributed by atoms with Crippen LogP contribution in [0.5, 0.6) is 11.5 Å². The molecular formula is C25H27N3O5. The quantitative estimate of drug-likeness (QED) is 0.563. The van der Waals surface area contributed by atoms with E-state index in [9.17, 15) is 4.79 Å². The highest BCUT2D eigenvalue weighted by atomic mass is 16.5. The van der Waals surface area contributed by atoms with Crippen molar-refractivity contribution >= 4 is 5.91 Å². The summed E-state index contributed by atoms with van der Waals surface area (Å²) in [5.41, 5.74) is 1.38. The average Bonchev–Trinajstić information content (AvgIpc) is 3.55. The maximum atomic E-state index is 12.9. The lowest BCUT2D eigenvalue weighted by Gasteiger charge is -2.18. The molecule has 1 atom stereocenters. The van der Waals surface area contributed by atoms with E-state index in [1.54, 1.807) is 19.2 Å². The molecule has 2 aromatic carbocycles. The topological polar surface area (TPSA) is 86.9 Å². The summed E-state index contributed by atoms with van der Waals surface area (Å²) in [4.78, 5) is 19.4. The maximum absolute atomic E-state index is 12.9. The number of ether oxygens (including phenoxy) is 3. The van der Waals surface area contributed by atoms with E-state index in [2.05, 4.69) is 10.1 Å². The minimum atomic E-state index is -0.112. The fourth-order valence-corrected chi connectivity index (χ4v) is 4.34. The molecule has 5 rings (SSSR count). The smallest absolute Gasteiger partial charge is 0.261 e. The average molecular weight is 450 g/mol. The number of rotatable bonds is 6. The molecule has 2 saturated heterocycles. The number of hydrogen-bond acceptors (Lipinski definition) is 7. The van der Waals surface area contributed by atoms with Gasteiger partial charge in [-0.15, -0.1) is 0 Å². The zero-order chi connectivity index (χ0) is 22.6. The van der Waals surface area contributed by atoms with Crippen molar-refractivity contribution in [1.29, 1.82) is 0 Å². The van der Waals surface area contributed by atoms with E-state index >= 15 is 0 Å². The largest absolute Gasteiger partial charge is 0.497 e. The van der Waals surface area contributed by atoms with Gasteiger partial charge in [0.1, 0.15) is 17.6 Å². The van der Waals surface area contributed by atoms with Crippen LogP contribution in [0.15, 0.2) is 53.1 Å². The molecule has 1 aromatic heterocycles. The lowest BCUT2D eigenvalue weighted by atomic mass is 10.00. The van der Waals surface area contributed by atoms with Gasteiger partial charge in [-0.25, -0.2) is 0 Å². The number of methoxy groups -OCH3 is 1. The van der Waals surface area contributed by atoms with Crippen molar-refractivity contribution in [2.24, 2.45) is 0 Å². The molecule has 2 aliphatic heterocycles. The Morgan fingerprint density at radius 1 is 1.09 bits per heavy atom. The van der Waals surface area contributed by atoms with E-state index in [1.807, 2.05) is 41.3 Å². The monoisotopic (exact) mass is 449 g/mol. The van der Waals surface area contributed by atoms with Crippen molar-refractivity contribution < 1.29 is 23.5 Å². The van der Waals surface area contributed by atoms with Crippen LogP contribution in [0.4, 0.5) is 0 Å². The summed E-state index contributed by atoms with van der Waals surface area (Å²) < 4.78 is 22.6. The zero-order valence-corrected chi connectivity index (χ0v) is 18.6. The molecule has 0 bridgehead atoms. The highest BCUT2D eigenvalue weighted by Gasteiger charge is 2.30. The number of likely N-dealkylation sites (tertiary alicyclic amines) is 1. The molecular weight excluding hydrogens is 422 g/mol. The maximum Gasteiger partial charge on any atom is 0.261 e. The SMILES string of the molecule is COc1cccc(C(=O)N2CCC(Oc3ccccc3-c3nc(C4CCOCC4)no3)C2)c1. The molecule has 2 fully saturated rings. The molecule has 3 heterocycles. The van der Waals surface area contributed by atoms with Gasteiger partial charge in [0.25, 0.3) is 11.8 Å². The van der Waals surface area contributed by atoms with Crippen molar-refractivity contribution in [3.05, 3.63) is 59.9 Å². The summed E-state index contributed by atoms with van der Waals surface area (Å²) in [5, 5.41) is 4.21. The molecule has 3 aromatic rings. The normalized spacial score (nSPS) is 18.9. The molecule has 0 radical (unpaired) electrons. The van der Waals surface area contributed by atoms with Gasteiger partial charge in [-0.1, -0.05) is 23.4 Å². The second-order valence-electron chi connectivity index (χ2n) is 8.35. The summed E-state index contributed by atoms with van der Waals surface area (Å²) in [6.07, 6.45) is 2.44. The minimum absolute atomic E-state index is 0.0220. The predicted octanol–water partition coefficient (Wildman–Crippen LogP) is 3.93. The fourth-order valence-electron chi connectivity index (χ4n) is 4.34. The number of nitrogens with zero attached hydrogens (tertiary/aromatic N) is 3. The van der Waals surface area contributed by atoms with Crippen LogP contribution >= 0.6 is 0 Å². The number of para-hydroxylation sites is 1. The van der Waals surface area contributed by atoms with Crippen LogP contribution in [0, 0.1) is 0 Å². The lowest BCUT2D eigenvalue weighted by molar-refractivity contribution is 0.0772. The van der Waals surface area contributed by atoms with E-state index in [4.69, 9.17) is 18.7 Å². The van der Waals surface area contributed by atoms with Gasteiger partial charge in [-0.3, -0.25) is 4.79 Å². The summed E-state index contributed by atoms with van der Waals surface area (Å²) >= 11 is 0. The van der Waals surface area contributed by atoms with Crippen LogP contribution in [-0.2, 0) is 4.74 Å². The number of benzene rings is 2. The minimum Gasteiger partial charge on any atom is -0.497 e. The Morgan fingerprint density at radius 3 is 2.79 bits per heavy atom. The van der Waals surface area contributed by atoms with Crippen molar-refractivity contribution in [3.63, 3.8) is 0 Å². The first-order chi connectivity index (χ1) is 16.2.